The summed E-state index contributed by atoms with van der Waals surface area (Å²) in [4.78, 5) is 29.6. The molecule has 2 heterocycles. The number of carbonyl (C=O) groups excluding carboxylic acids is 2. The highest BCUT2D eigenvalue weighted by Gasteiger charge is 2.24. The third-order valence-electron chi connectivity index (χ3n) is 3.14. The molecule has 1 aliphatic heterocycles. The second-order valence-corrected chi connectivity index (χ2v) is 6.28. The van der Waals surface area contributed by atoms with Crippen molar-refractivity contribution >= 4 is 23.4 Å². The lowest BCUT2D eigenvalue weighted by Gasteiger charge is -2.27. The number of rotatable bonds is 1. The Labute approximate surface area is 123 Å². The van der Waals surface area contributed by atoms with Crippen molar-refractivity contribution in [3.8, 4) is 0 Å². The lowest BCUT2D eigenvalue weighted by molar-refractivity contribution is -0.123. The van der Waals surface area contributed by atoms with Crippen LogP contribution in [0.2, 0.25) is 5.15 Å². The van der Waals surface area contributed by atoms with E-state index in [4.69, 9.17) is 11.6 Å². The Morgan fingerprint density at radius 3 is 2.70 bits per heavy atom. The molecule has 0 bridgehead atoms. The highest BCUT2D eigenvalue weighted by atomic mass is 35.5. The third kappa shape index (κ3) is 3.28. The van der Waals surface area contributed by atoms with Crippen LogP contribution < -0.4 is 5.32 Å². The first-order valence-corrected chi connectivity index (χ1v) is 6.89. The molecule has 108 valence electrons. The lowest BCUT2D eigenvalue weighted by atomic mass is 9.90. The predicted molar refractivity (Wildman–Crippen MR) is 76.9 cm³/mol. The van der Waals surface area contributed by atoms with Crippen molar-refractivity contribution in [1.29, 1.82) is 0 Å². The summed E-state index contributed by atoms with van der Waals surface area (Å²) in [5.74, 6) is -0.324. The van der Waals surface area contributed by atoms with Crippen molar-refractivity contribution in [2.75, 3.05) is 19.6 Å². The first-order chi connectivity index (χ1) is 9.27. The van der Waals surface area contributed by atoms with Crippen LogP contribution in [-0.4, -0.2) is 41.3 Å². The number of carbonyl (C=O) groups is 2. The first kappa shape index (κ1) is 14.8. The molecular weight excluding hydrogens is 278 g/mol. The van der Waals surface area contributed by atoms with Gasteiger partial charge in [0.25, 0.3) is 5.91 Å². The number of nitrogens with zero attached hydrogens (tertiary/aromatic N) is 2. The van der Waals surface area contributed by atoms with Gasteiger partial charge in [-0.25, -0.2) is 4.98 Å². The molecule has 5 nitrogen and oxygen atoms in total. The molecule has 0 spiro atoms. The molecule has 0 unspecified atom stereocenters. The van der Waals surface area contributed by atoms with Crippen LogP contribution >= 0.6 is 11.6 Å². The molecule has 0 saturated carbocycles. The molecular formula is C14H18ClN3O2. The summed E-state index contributed by atoms with van der Waals surface area (Å²) in [6.07, 6.45) is 0. The number of pyridine rings is 1. The van der Waals surface area contributed by atoms with Crippen LogP contribution in [0.4, 0.5) is 0 Å². The van der Waals surface area contributed by atoms with Gasteiger partial charge in [-0.05, 0) is 12.1 Å². The van der Waals surface area contributed by atoms with Crippen LogP contribution in [0.1, 0.15) is 36.8 Å². The van der Waals surface area contributed by atoms with E-state index in [1.807, 2.05) is 20.8 Å². The minimum atomic E-state index is -0.195. The van der Waals surface area contributed by atoms with Gasteiger partial charge in [0, 0.05) is 29.8 Å². The molecule has 1 saturated heterocycles. The largest absolute Gasteiger partial charge is 0.353 e. The summed E-state index contributed by atoms with van der Waals surface area (Å²) in [5, 5.41) is 2.99. The summed E-state index contributed by atoms with van der Waals surface area (Å²) < 4.78 is 0. The molecule has 6 heteroatoms. The van der Waals surface area contributed by atoms with E-state index in [0.29, 0.717) is 23.8 Å². The fourth-order valence-corrected chi connectivity index (χ4v) is 2.21. The number of hydrogen-bond acceptors (Lipinski definition) is 3. The zero-order chi connectivity index (χ0) is 14.9. The fraction of sp³-hybridized carbons (Fsp3) is 0.500. The minimum Gasteiger partial charge on any atom is -0.353 e. The maximum Gasteiger partial charge on any atom is 0.254 e. The van der Waals surface area contributed by atoms with Crippen molar-refractivity contribution < 1.29 is 9.59 Å². The monoisotopic (exact) mass is 295 g/mol. The van der Waals surface area contributed by atoms with Crippen LogP contribution in [-0.2, 0) is 10.2 Å². The van der Waals surface area contributed by atoms with Gasteiger partial charge in [0.1, 0.15) is 5.15 Å². The van der Waals surface area contributed by atoms with Crippen molar-refractivity contribution in [3.05, 3.63) is 28.5 Å². The molecule has 1 fully saturated rings. The van der Waals surface area contributed by atoms with Gasteiger partial charge in [0.15, 0.2) is 0 Å². The number of amides is 2. The maximum absolute atomic E-state index is 12.4. The molecule has 0 aliphatic carbocycles. The Balaban J connectivity index is 2.30. The van der Waals surface area contributed by atoms with Crippen LogP contribution in [0, 0.1) is 0 Å². The summed E-state index contributed by atoms with van der Waals surface area (Å²) >= 11 is 6.01. The summed E-state index contributed by atoms with van der Waals surface area (Å²) in [6.45, 7) is 7.10. The Kier molecular flexibility index (Phi) is 3.99. The van der Waals surface area contributed by atoms with Crippen molar-refractivity contribution in [2.45, 2.75) is 26.2 Å². The lowest BCUT2D eigenvalue weighted by Crippen LogP contribution is -2.50. The smallest absolute Gasteiger partial charge is 0.254 e. The Morgan fingerprint density at radius 2 is 2.10 bits per heavy atom. The Morgan fingerprint density at radius 1 is 1.40 bits per heavy atom. The number of piperazine rings is 1. The van der Waals surface area contributed by atoms with Crippen LogP contribution in [0.25, 0.3) is 0 Å². The zero-order valence-corrected chi connectivity index (χ0v) is 12.6. The third-order valence-corrected chi connectivity index (χ3v) is 3.33. The number of aromatic nitrogens is 1. The predicted octanol–water partition coefficient (Wildman–Crippen LogP) is 1.60. The van der Waals surface area contributed by atoms with E-state index in [0.717, 1.165) is 5.69 Å². The van der Waals surface area contributed by atoms with E-state index in [-0.39, 0.29) is 23.8 Å². The number of nitrogens with one attached hydrogen (secondary N) is 1. The van der Waals surface area contributed by atoms with Crippen LogP contribution in [0.3, 0.4) is 0 Å². The second kappa shape index (κ2) is 5.40. The minimum absolute atomic E-state index is 0.0869. The molecule has 1 N–H and O–H groups in total. The molecule has 1 aromatic rings. The van der Waals surface area contributed by atoms with E-state index in [2.05, 4.69) is 10.3 Å². The van der Waals surface area contributed by atoms with Crippen molar-refractivity contribution in [3.63, 3.8) is 0 Å². The average Bonchev–Trinajstić information content (AvgIpc) is 2.36. The Hall–Kier alpha value is -1.62. The molecule has 2 rings (SSSR count). The van der Waals surface area contributed by atoms with Gasteiger partial charge < -0.3 is 10.2 Å². The highest BCUT2D eigenvalue weighted by Crippen LogP contribution is 2.24. The molecule has 1 aliphatic rings. The Bertz CT molecular complexity index is 552. The van der Waals surface area contributed by atoms with E-state index in [1.54, 1.807) is 12.1 Å². The van der Waals surface area contributed by atoms with Crippen LogP contribution in [0.15, 0.2) is 12.1 Å². The molecule has 0 atom stereocenters. The van der Waals surface area contributed by atoms with E-state index >= 15 is 0 Å². The highest BCUT2D eigenvalue weighted by molar-refractivity contribution is 6.29. The SMILES string of the molecule is CC(C)(C)c1cc(C(=O)N2CCNC(=O)C2)cc(Cl)n1. The quantitative estimate of drug-likeness (QED) is 0.801. The van der Waals surface area contributed by atoms with Crippen LogP contribution in [0.5, 0.6) is 0 Å². The van der Waals surface area contributed by atoms with Gasteiger partial charge in [-0.3, -0.25) is 9.59 Å². The van der Waals surface area contributed by atoms with E-state index < -0.39 is 0 Å². The van der Waals surface area contributed by atoms with Gasteiger partial charge in [0.2, 0.25) is 5.91 Å². The number of halogens is 1. The van der Waals surface area contributed by atoms with Crippen molar-refractivity contribution in [1.82, 2.24) is 15.2 Å². The molecule has 0 radical (unpaired) electrons. The molecule has 2 amide bonds. The van der Waals surface area contributed by atoms with Gasteiger partial charge in [-0.1, -0.05) is 32.4 Å². The number of hydrogen-bond donors (Lipinski definition) is 1. The van der Waals surface area contributed by atoms with E-state index in [1.165, 1.54) is 4.90 Å². The topological polar surface area (TPSA) is 62.3 Å². The summed E-state index contributed by atoms with van der Waals surface area (Å²) in [6, 6.07) is 3.30. The normalized spacial score (nSPS) is 16.0. The van der Waals surface area contributed by atoms with Crippen molar-refractivity contribution in [2.24, 2.45) is 0 Å². The molecule has 20 heavy (non-hydrogen) atoms. The summed E-state index contributed by atoms with van der Waals surface area (Å²) in [5.41, 5.74) is 1.04. The van der Waals surface area contributed by atoms with Gasteiger partial charge in [-0.2, -0.15) is 0 Å². The molecule has 1 aromatic heterocycles. The standard InChI is InChI=1S/C14H18ClN3O2/c1-14(2,3)10-6-9(7-11(15)17-10)13(20)18-5-4-16-12(19)8-18/h6-7H,4-5,8H2,1-3H3,(H,16,19). The summed E-state index contributed by atoms with van der Waals surface area (Å²) in [7, 11) is 0. The first-order valence-electron chi connectivity index (χ1n) is 6.51. The second-order valence-electron chi connectivity index (χ2n) is 5.89. The van der Waals surface area contributed by atoms with Gasteiger partial charge >= 0.3 is 0 Å². The zero-order valence-electron chi connectivity index (χ0n) is 11.9. The van der Waals surface area contributed by atoms with Gasteiger partial charge in [0.05, 0.1) is 6.54 Å². The molecule has 0 aromatic carbocycles. The average molecular weight is 296 g/mol. The fourth-order valence-electron chi connectivity index (χ4n) is 2.00. The van der Waals surface area contributed by atoms with Gasteiger partial charge in [-0.15, -0.1) is 0 Å². The maximum atomic E-state index is 12.4. The van der Waals surface area contributed by atoms with E-state index in [9.17, 15) is 9.59 Å².